The molecular weight excluding hydrogens is 497 g/mol. The standard InChI is InChI=1S/C27H25ClFN5O3/c1-37-19-6-8-23(21(15-19)26(36)32-24-9-5-18(28)16-30-24)31-25(35)20-7-4-17(14-22(20)29)27(33-10-2-11-33)34-12-3-13-34/h4-9,14-16H,2-3,10-13H2,1H3,(H-,30,31,32,35,36)/p+1. The fourth-order valence-corrected chi connectivity index (χ4v) is 4.34. The lowest BCUT2D eigenvalue weighted by Gasteiger charge is -2.31. The van der Waals surface area contributed by atoms with Gasteiger partial charge in [-0.05, 0) is 48.5 Å². The molecule has 190 valence electrons. The number of anilines is 2. The summed E-state index contributed by atoms with van der Waals surface area (Å²) in [5, 5.41) is 5.76. The van der Waals surface area contributed by atoms with E-state index in [1.54, 1.807) is 24.3 Å². The molecule has 2 aromatic carbocycles. The van der Waals surface area contributed by atoms with Gasteiger partial charge < -0.3 is 15.4 Å². The molecule has 2 saturated heterocycles. The predicted octanol–water partition coefficient (Wildman–Crippen LogP) is 4.26. The Balaban J connectivity index is 1.38. The Labute approximate surface area is 218 Å². The van der Waals surface area contributed by atoms with Gasteiger partial charge in [0.25, 0.3) is 17.6 Å². The Hall–Kier alpha value is -3.98. The molecule has 0 spiro atoms. The summed E-state index contributed by atoms with van der Waals surface area (Å²) in [5.41, 5.74) is 0.979. The minimum atomic E-state index is -0.665. The summed E-state index contributed by atoms with van der Waals surface area (Å²) in [6, 6.07) is 12.5. The topological polar surface area (TPSA) is 86.6 Å². The van der Waals surface area contributed by atoms with E-state index >= 15 is 4.39 Å². The summed E-state index contributed by atoms with van der Waals surface area (Å²) in [6.45, 7) is 3.79. The molecule has 2 fully saturated rings. The van der Waals surface area contributed by atoms with Gasteiger partial charge in [-0.15, -0.1) is 0 Å². The van der Waals surface area contributed by atoms with Gasteiger partial charge >= 0.3 is 0 Å². The Morgan fingerprint density at radius 1 is 1.00 bits per heavy atom. The maximum Gasteiger partial charge on any atom is 0.279 e. The summed E-state index contributed by atoms with van der Waals surface area (Å²) in [5.74, 6) is -0.0902. The molecule has 10 heteroatoms. The van der Waals surface area contributed by atoms with Gasteiger partial charge in [-0.2, -0.15) is 0 Å². The van der Waals surface area contributed by atoms with E-state index in [0.29, 0.717) is 10.8 Å². The number of ether oxygens (including phenoxy) is 1. The molecule has 3 aromatic rings. The maximum absolute atomic E-state index is 15.2. The molecule has 0 radical (unpaired) electrons. The Bertz CT molecular complexity index is 1380. The van der Waals surface area contributed by atoms with E-state index < -0.39 is 17.6 Å². The predicted molar refractivity (Wildman–Crippen MR) is 139 cm³/mol. The molecule has 0 atom stereocenters. The van der Waals surface area contributed by atoms with Crippen LogP contribution in [-0.2, 0) is 0 Å². The highest BCUT2D eigenvalue weighted by Gasteiger charge is 2.33. The van der Waals surface area contributed by atoms with Crippen molar-refractivity contribution in [3.63, 3.8) is 0 Å². The van der Waals surface area contributed by atoms with Crippen molar-refractivity contribution in [2.45, 2.75) is 12.8 Å². The smallest absolute Gasteiger partial charge is 0.279 e. The van der Waals surface area contributed by atoms with E-state index in [4.69, 9.17) is 16.3 Å². The lowest BCUT2D eigenvalue weighted by Crippen LogP contribution is -2.49. The van der Waals surface area contributed by atoms with Crippen LogP contribution in [0.3, 0.4) is 0 Å². The molecule has 5 rings (SSSR count). The van der Waals surface area contributed by atoms with Gasteiger partial charge in [-0.25, -0.2) is 9.37 Å². The fraction of sp³-hybridized carbons (Fsp3) is 0.259. The summed E-state index contributed by atoms with van der Waals surface area (Å²) >= 11 is 5.86. The molecule has 2 amide bonds. The molecule has 1 aromatic heterocycles. The van der Waals surface area contributed by atoms with E-state index in [1.807, 2.05) is 0 Å². The van der Waals surface area contributed by atoms with Crippen LogP contribution >= 0.6 is 11.6 Å². The Kier molecular flexibility index (Phi) is 7.05. The van der Waals surface area contributed by atoms with E-state index in [2.05, 4.69) is 25.1 Å². The molecule has 8 nitrogen and oxygen atoms in total. The average Bonchev–Trinajstić information content (AvgIpc) is 2.83. The Morgan fingerprint density at radius 3 is 2.38 bits per heavy atom. The highest BCUT2D eigenvalue weighted by molar-refractivity contribution is 6.30. The molecule has 2 aliphatic rings. The number of benzene rings is 2. The van der Waals surface area contributed by atoms with Gasteiger partial charge in [-0.1, -0.05) is 11.6 Å². The molecule has 0 bridgehead atoms. The quantitative estimate of drug-likeness (QED) is 0.373. The van der Waals surface area contributed by atoms with Crippen LogP contribution in [0.4, 0.5) is 15.9 Å². The monoisotopic (exact) mass is 522 g/mol. The van der Waals surface area contributed by atoms with Crippen molar-refractivity contribution in [3.8, 4) is 5.75 Å². The summed E-state index contributed by atoms with van der Waals surface area (Å²) in [4.78, 5) is 32.4. The minimum Gasteiger partial charge on any atom is -0.497 e. The van der Waals surface area contributed by atoms with E-state index in [-0.39, 0.29) is 22.6 Å². The second kappa shape index (κ2) is 10.6. The van der Waals surface area contributed by atoms with Gasteiger partial charge in [0.1, 0.15) is 17.4 Å². The SMILES string of the molecule is COc1ccc(NC(=O)c2ccc(C(N3CCC3)=[N+]3CCC3)cc2F)c(C(=O)Nc2ccc(Cl)cn2)c1. The number of amides is 2. The first-order valence-electron chi connectivity index (χ1n) is 12.0. The third-order valence-corrected chi connectivity index (χ3v) is 6.70. The number of halogens is 2. The molecule has 0 unspecified atom stereocenters. The van der Waals surface area contributed by atoms with Crippen LogP contribution in [0, 0.1) is 5.82 Å². The van der Waals surface area contributed by atoms with Crippen LogP contribution in [0.1, 0.15) is 39.1 Å². The molecule has 0 aliphatic carbocycles. The zero-order chi connectivity index (χ0) is 25.9. The van der Waals surface area contributed by atoms with Crippen LogP contribution in [0.15, 0.2) is 54.7 Å². The van der Waals surface area contributed by atoms with Crippen molar-refractivity contribution < 1.29 is 23.3 Å². The van der Waals surface area contributed by atoms with Crippen LogP contribution in [0.5, 0.6) is 5.75 Å². The van der Waals surface area contributed by atoms with Crippen molar-refractivity contribution in [1.29, 1.82) is 0 Å². The van der Waals surface area contributed by atoms with Crippen molar-refractivity contribution in [3.05, 3.63) is 82.3 Å². The lowest BCUT2D eigenvalue weighted by atomic mass is 10.0. The molecule has 3 heterocycles. The van der Waals surface area contributed by atoms with Crippen molar-refractivity contribution >= 4 is 40.8 Å². The van der Waals surface area contributed by atoms with E-state index in [9.17, 15) is 9.59 Å². The highest BCUT2D eigenvalue weighted by Crippen LogP contribution is 2.25. The van der Waals surface area contributed by atoms with Crippen LogP contribution in [0.25, 0.3) is 0 Å². The number of rotatable bonds is 6. The normalized spacial score (nSPS) is 14.4. The summed E-state index contributed by atoms with van der Waals surface area (Å²) in [6.07, 6.45) is 3.64. The van der Waals surface area contributed by atoms with Crippen molar-refractivity contribution in [2.24, 2.45) is 0 Å². The number of carbonyl (C=O) groups is 2. The van der Waals surface area contributed by atoms with E-state index in [0.717, 1.165) is 50.4 Å². The van der Waals surface area contributed by atoms with Gasteiger partial charge in [0, 0.05) is 19.0 Å². The first-order chi connectivity index (χ1) is 17.9. The minimum absolute atomic E-state index is 0.114. The molecule has 2 N–H and O–H groups in total. The average molecular weight is 523 g/mol. The zero-order valence-corrected chi connectivity index (χ0v) is 21.0. The maximum atomic E-state index is 15.2. The van der Waals surface area contributed by atoms with Gasteiger partial charge in [0.15, 0.2) is 0 Å². The van der Waals surface area contributed by atoms with Crippen molar-refractivity contribution in [2.75, 3.05) is 43.9 Å². The van der Waals surface area contributed by atoms with Crippen molar-refractivity contribution in [1.82, 2.24) is 9.88 Å². The number of pyridine rings is 1. The van der Waals surface area contributed by atoms with Crippen LogP contribution in [0.2, 0.25) is 5.02 Å². The Morgan fingerprint density at radius 2 is 1.78 bits per heavy atom. The first kappa shape index (κ1) is 24.7. The number of hydrogen-bond donors (Lipinski definition) is 2. The third kappa shape index (κ3) is 5.27. The van der Waals surface area contributed by atoms with Gasteiger partial charge in [-0.3, -0.25) is 19.1 Å². The number of carbonyl (C=O) groups excluding carboxylic acids is 2. The number of likely N-dealkylation sites (tertiary alicyclic amines) is 1. The number of nitrogens with zero attached hydrogens (tertiary/aromatic N) is 3. The molecular formula is C27H26ClFN5O3+. The van der Waals surface area contributed by atoms with E-state index in [1.165, 1.54) is 37.6 Å². The molecule has 2 aliphatic heterocycles. The number of hydrogen-bond acceptors (Lipinski definition) is 4. The number of amidine groups is 1. The number of aromatic nitrogens is 1. The third-order valence-electron chi connectivity index (χ3n) is 6.47. The highest BCUT2D eigenvalue weighted by atomic mass is 35.5. The fourth-order valence-electron chi connectivity index (χ4n) is 4.23. The van der Waals surface area contributed by atoms with Crippen LogP contribution < -0.4 is 15.4 Å². The lowest BCUT2D eigenvalue weighted by molar-refractivity contribution is -0.587. The van der Waals surface area contributed by atoms with Gasteiger partial charge in [0.2, 0.25) is 0 Å². The zero-order valence-electron chi connectivity index (χ0n) is 20.3. The summed E-state index contributed by atoms with van der Waals surface area (Å²) < 4.78 is 22.7. The molecule has 37 heavy (non-hydrogen) atoms. The van der Waals surface area contributed by atoms with Crippen LogP contribution in [-0.4, -0.2) is 65.4 Å². The largest absolute Gasteiger partial charge is 0.497 e. The number of nitrogens with one attached hydrogen (secondary N) is 2. The second-order valence-electron chi connectivity index (χ2n) is 8.88. The summed E-state index contributed by atoms with van der Waals surface area (Å²) in [7, 11) is 1.47. The second-order valence-corrected chi connectivity index (χ2v) is 9.32. The van der Waals surface area contributed by atoms with Gasteiger partial charge in [0.05, 0.1) is 60.7 Å². The first-order valence-corrected chi connectivity index (χ1v) is 12.4. The number of methoxy groups -OCH3 is 1. The molecule has 0 saturated carbocycles.